The molecule has 0 fully saturated rings. The van der Waals surface area contributed by atoms with Crippen LogP contribution in [0.5, 0.6) is 5.75 Å². The van der Waals surface area contributed by atoms with Gasteiger partial charge in [-0.1, -0.05) is 18.2 Å². The van der Waals surface area contributed by atoms with Gasteiger partial charge in [0.15, 0.2) is 17.5 Å². The highest BCUT2D eigenvalue weighted by Crippen LogP contribution is 2.14. The maximum atomic E-state index is 13.2. The van der Waals surface area contributed by atoms with Crippen LogP contribution in [-0.4, -0.2) is 18.1 Å². The van der Waals surface area contributed by atoms with Gasteiger partial charge in [-0.3, -0.25) is 0 Å². The molecule has 0 amide bonds. The number of nitrogens with one attached hydrogen (secondary N) is 1. The van der Waals surface area contributed by atoms with Crippen LogP contribution in [0.1, 0.15) is 0 Å². The molecule has 0 unspecified atom stereocenters. The van der Waals surface area contributed by atoms with E-state index in [2.05, 4.69) is 10.3 Å². The molecule has 0 saturated heterocycles. The molecule has 1 aromatic heterocycles. The van der Waals surface area contributed by atoms with Gasteiger partial charge in [-0.25, -0.2) is 8.78 Å². The molecule has 2 aromatic rings. The number of benzene rings is 1. The number of aromatic nitrogens is 1. The van der Waals surface area contributed by atoms with Gasteiger partial charge in [-0.05, 0) is 12.1 Å². The topological polar surface area (TPSA) is 34.1 Å². The summed E-state index contributed by atoms with van der Waals surface area (Å²) in [4.78, 5) is 3.13. The van der Waals surface area contributed by atoms with Crippen LogP contribution < -0.4 is 10.1 Å². The van der Waals surface area contributed by atoms with Crippen molar-refractivity contribution in [2.45, 2.75) is 0 Å². The second-order valence-electron chi connectivity index (χ2n) is 3.68. The van der Waals surface area contributed by atoms with Crippen LogP contribution in [0.3, 0.4) is 0 Å². The summed E-state index contributed by atoms with van der Waals surface area (Å²) < 4.78 is 44.0. The molecule has 1 heterocycles. The molecule has 0 aliphatic carbocycles. The Hall–Kier alpha value is -2.24. The maximum Gasteiger partial charge on any atom is 0.251 e. The molecule has 0 radical (unpaired) electrons. The minimum atomic E-state index is -1.34. The van der Waals surface area contributed by atoms with E-state index in [0.717, 1.165) is 0 Å². The molecule has 3 nitrogen and oxygen atoms in total. The van der Waals surface area contributed by atoms with Gasteiger partial charge < -0.3 is 10.1 Å². The van der Waals surface area contributed by atoms with Crippen LogP contribution in [0.15, 0.2) is 36.4 Å². The quantitative estimate of drug-likeness (QED) is 0.668. The molecule has 1 aromatic carbocycles. The summed E-state index contributed by atoms with van der Waals surface area (Å²) in [7, 11) is 0. The number of hydrogen-bond acceptors (Lipinski definition) is 3. The second-order valence-corrected chi connectivity index (χ2v) is 3.68. The molecule has 100 valence electrons. The number of hydrogen-bond donors (Lipinski definition) is 1. The van der Waals surface area contributed by atoms with Crippen LogP contribution >= 0.6 is 0 Å². The largest absolute Gasteiger partial charge is 0.492 e. The number of ether oxygens (including phenoxy) is 1. The van der Waals surface area contributed by atoms with Crippen LogP contribution in [0.25, 0.3) is 0 Å². The summed E-state index contributed by atoms with van der Waals surface area (Å²) in [6.07, 6.45) is 0. The van der Waals surface area contributed by atoms with Crippen molar-refractivity contribution in [3.63, 3.8) is 0 Å². The van der Waals surface area contributed by atoms with Crippen LogP contribution in [0, 0.1) is 17.6 Å². The van der Waals surface area contributed by atoms with E-state index in [9.17, 15) is 13.2 Å². The van der Waals surface area contributed by atoms with Gasteiger partial charge >= 0.3 is 0 Å². The molecule has 0 atom stereocenters. The van der Waals surface area contributed by atoms with Gasteiger partial charge in [0, 0.05) is 6.07 Å². The number of pyridine rings is 1. The highest BCUT2D eigenvalue weighted by molar-refractivity contribution is 5.36. The minimum absolute atomic E-state index is 0.212. The fourth-order valence-corrected chi connectivity index (χ4v) is 1.42. The van der Waals surface area contributed by atoms with Crippen molar-refractivity contribution >= 4 is 5.82 Å². The number of rotatable bonds is 5. The fourth-order valence-electron chi connectivity index (χ4n) is 1.42. The summed E-state index contributed by atoms with van der Waals surface area (Å²) >= 11 is 0. The zero-order valence-electron chi connectivity index (χ0n) is 9.87. The normalized spacial score (nSPS) is 10.3. The van der Waals surface area contributed by atoms with E-state index in [1.807, 2.05) is 18.2 Å². The van der Waals surface area contributed by atoms with Crippen molar-refractivity contribution in [1.82, 2.24) is 4.98 Å². The monoisotopic (exact) mass is 268 g/mol. The smallest absolute Gasteiger partial charge is 0.251 e. The van der Waals surface area contributed by atoms with Crippen molar-refractivity contribution in [2.24, 2.45) is 0 Å². The van der Waals surface area contributed by atoms with E-state index >= 15 is 0 Å². The molecule has 0 aliphatic heterocycles. The Morgan fingerprint density at radius 3 is 2.53 bits per heavy atom. The molecule has 19 heavy (non-hydrogen) atoms. The number of anilines is 1. The van der Waals surface area contributed by atoms with Crippen LogP contribution in [0.4, 0.5) is 19.0 Å². The first-order valence-corrected chi connectivity index (χ1v) is 5.60. The number of nitrogens with zero attached hydrogens (tertiary/aromatic N) is 1. The molecule has 1 N–H and O–H groups in total. The van der Waals surface area contributed by atoms with Gasteiger partial charge in [0.2, 0.25) is 0 Å². The Bertz CT molecular complexity index is 549. The van der Waals surface area contributed by atoms with E-state index in [1.165, 1.54) is 0 Å². The van der Waals surface area contributed by atoms with Crippen molar-refractivity contribution in [3.05, 3.63) is 54.0 Å². The molecular weight excluding hydrogens is 257 g/mol. The third kappa shape index (κ3) is 3.61. The predicted molar refractivity (Wildman–Crippen MR) is 64.5 cm³/mol. The summed E-state index contributed by atoms with van der Waals surface area (Å²) in [5, 5.41) is 2.53. The van der Waals surface area contributed by atoms with Gasteiger partial charge in [0.1, 0.15) is 12.4 Å². The molecular formula is C13H11F3N2O. The lowest BCUT2D eigenvalue weighted by Gasteiger charge is -2.08. The lowest BCUT2D eigenvalue weighted by molar-refractivity contribution is 0.332. The first-order valence-electron chi connectivity index (χ1n) is 5.60. The average molecular weight is 268 g/mol. The zero-order chi connectivity index (χ0) is 13.7. The fraction of sp³-hybridized carbons (Fsp3) is 0.154. The standard InChI is InChI=1S/C13H11F3N2O/c14-10-8-11(15)13(18-12(10)16)17-6-7-19-9-4-2-1-3-5-9/h1-5,8H,6-7H2,(H,17,18). The minimum Gasteiger partial charge on any atom is -0.492 e. The molecule has 0 aliphatic rings. The van der Waals surface area contributed by atoms with Crippen molar-refractivity contribution < 1.29 is 17.9 Å². The number of para-hydroxylation sites is 1. The van der Waals surface area contributed by atoms with E-state index in [4.69, 9.17) is 4.74 Å². The second kappa shape index (κ2) is 6.08. The zero-order valence-corrected chi connectivity index (χ0v) is 9.87. The van der Waals surface area contributed by atoms with Gasteiger partial charge in [0.05, 0.1) is 6.54 Å². The van der Waals surface area contributed by atoms with E-state index in [1.54, 1.807) is 12.1 Å². The average Bonchev–Trinajstić information content (AvgIpc) is 2.41. The first-order chi connectivity index (χ1) is 9.16. The Morgan fingerprint density at radius 1 is 1.05 bits per heavy atom. The predicted octanol–water partition coefficient (Wildman–Crippen LogP) is 2.99. The molecule has 6 heteroatoms. The maximum absolute atomic E-state index is 13.2. The van der Waals surface area contributed by atoms with E-state index < -0.39 is 17.6 Å². The third-order valence-electron chi connectivity index (χ3n) is 2.29. The summed E-state index contributed by atoms with van der Waals surface area (Å²) in [5.41, 5.74) is 0. The Balaban J connectivity index is 1.85. The van der Waals surface area contributed by atoms with Crippen molar-refractivity contribution in [1.29, 1.82) is 0 Å². The van der Waals surface area contributed by atoms with Crippen molar-refractivity contribution in [3.8, 4) is 5.75 Å². The highest BCUT2D eigenvalue weighted by Gasteiger charge is 2.10. The van der Waals surface area contributed by atoms with Crippen molar-refractivity contribution in [2.75, 3.05) is 18.5 Å². The van der Waals surface area contributed by atoms with Crippen LogP contribution in [0.2, 0.25) is 0 Å². The van der Waals surface area contributed by atoms with E-state index in [0.29, 0.717) is 11.8 Å². The Labute approximate surface area is 108 Å². The summed E-state index contributed by atoms with van der Waals surface area (Å²) in [6.45, 7) is 0.452. The molecule has 0 saturated carbocycles. The van der Waals surface area contributed by atoms with Gasteiger partial charge in [0.25, 0.3) is 5.95 Å². The van der Waals surface area contributed by atoms with Gasteiger partial charge in [-0.15, -0.1) is 0 Å². The van der Waals surface area contributed by atoms with Crippen LogP contribution in [-0.2, 0) is 0 Å². The summed E-state index contributed by atoms with van der Waals surface area (Å²) in [6, 6.07) is 9.49. The van der Waals surface area contributed by atoms with E-state index in [-0.39, 0.29) is 19.0 Å². The molecule has 2 rings (SSSR count). The summed E-state index contributed by atoms with van der Waals surface area (Å²) in [5.74, 6) is -3.27. The number of halogens is 3. The SMILES string of the molecule is Fc1cc(F)c(NCCOc2ccccc2)nc1F. The molecule has 0 bridgehead atoms. The lowest BCUT2D eigenvalue weighted by atomic mass is 10.3. The first kappa shape index (κ1) is 13.2. The molecule has 0 spiro atoms. The Morgan fingerprint density at radius 2 is 1.79 bits per heavy atom. The third-order valence-corrected chi connectivity index (χ3v) is 2.29. The Kier molecular flexibility index (Phi) is 4.22. The highest BCUT2D eigenvalue weighted by atomic mass is 19.2. The van der Waals surface area contributed by atoms with Gasteiger partial charge in [-0.2, -0.15) is 9.37 Å². The lowest BCUT2D eigenvalue weighted by Crippen LogP contribution is -2.14.